The Morgan fingerprint density at radius 1 is 0.875 bits per heavy atom. The molecule has 0 bridgehead atoms. The van der Waals surface area contributed by atoms with Crippen LogP contribution in [0, 0.1) is 11.8 Å². The summed E-state index contributed by atoms with van der Waals surface area (Å²) in [4.78, 5) is 24.1. The highest BCUT2D eigenvalue weighted by Gasteiger charge is 2.32. The van der Waals surface area contributed by atoms with E-state index in [4.69, 9.17) is 0 Å². The Hall–Kier alpha value is -1.14. The van der Waals surface area contributed by atoms with Gasteiger partial charge in [-0.25, -0.2) is 0 Å². The zero-order valence-electron chi connectivity index (χ0n) is 19.7. The fourth-order valence-electron chi connectivity index (χ4n) is 5.43. The van der Waals surface area contributed by atoms with Crippen LogP contribution in [-0.2, 0) is 0 Å². The van der Waals surface area contributed by atoms with Crippen molar-refractivity contribution in [3.63, 3.8) is 0 Å². The van der Waals surface area contributed by atoms with Crippen LogP contribution in [0.4, 0.5) is 0 Å². The average Bonchev–Trinajstić information content (AvgIpc) is 3.36. The molecule has 2 fully saturated rings. The van der Waals surface area contributed by atoms with Crippen LogP contribution in [0.15, 0.2) is 12.1 Å². The predicted molar refractivity (Wildman–Crippen MR) is 130 cm³/mol. The summed E-state index contributed by atoms with van der Waals surface area (Å²) in [5, 5.41) is 25.2. The Labute approximate surface area is 201 Å². The molecule has 0 spiro atoms. The van der Waals surface area contributed by atoms with Crippen molar-refractivity contribution < 1.29 is 19.8 Å². The number of hydrogen-bond acceptors (Lipinski definition) is 6. The van der Waals surface area contributed by atoms with Gasteiger partial charge in [-0.15, -0.1) is 0 Å². The van der Waals surface area contributed by atoms with Crippen molar-refractivity contribution >= 4 is 35.5 Å². The van der Waals surface area contributed by atoms with E-state index in [0.717, 1.165) is 37.2 Å². The molecule has 0 N–H and O–H groups in total. The molecule has 6 heteroatoms. The first-order valence-corrected chi connectivity index (χ1v) is 14.0. The highest BCUT2D eigenvalue weighted by molar-refractivity contribution is 8.00. The number of hydrogen-bond donors (Lipinski definition) is 0. The topological polar surface area (TPSA) is 80.3 Å². The number of rotatable bonds is 10. The molecule has 0 amide bonds. The van der Waals surface area contributed by atoms with E-state index in [0.29, 0.717) is 22.0 Å². The van der Waals surface area contributed by atoms with Gasteiger partial charge in [0, 0.05) is 32.1 Å². The van der Waals surface area contributed by atoms with Crippen LogP contribution in [0.25, 0.3) is 0 Å². The number of benzene rings is 1. The summed E-state index contributed by atoms with van der Waals surface area (Å²) in [6.07, 6.45) is 8.69. The summed E-state index contributed by atoms with van der Waals surface area (Å²) in [7, 11) is 0. The summed E-state index contributed by atoms with van der Waals surface area (Å²) in [5.74, 6) is -1.44. The van der Waals surface area contributed by atoms with Crippen molar-refractivity contribution in [2.24, 2.45) is 11.8 Å². The average molecular weight is 477 g/mol. The van der Waals surface area contributed by atoms with Crippen molar-refractivity contribution in [3.05, 3.63) is 34.4 Å². The van der Waals surface area contributed by atoms with E-state index < -0.39 is 11.9 Å². The number of carbonyl (C=O) groups excluding carboxylic acids is 2. The monoisotopic (exact) mass is 476 g/mol. The second-order valence-corrected chi connectivity index (χ2v) is 12.7. The normalized spacial score (nSPS) is 27.4. The molecule has 32 heavy (non-hydrogen) atoms. The smallest absolute Gasteiger partial charge is 0.0725 e. The molecule has 1 aromatic carbocycles. The lowest BCUT2D eigenvalue weighted by Crippen LogP contribution is -2.32. The van der Waals surface area contributed by atoms with Crippen molar-refractivity contribution in [2.75, 3.05) is 0 Å². The summed E-state index contributed by atoms with van der Waals surface area (Å²) in [6.45, 7) is 8.76. The molecular weight excluding hydrogens is 440 g/mol. The van der Waals surface area contributed by atoms with E-state index in [2.05, 4.69) is 27.7 Å². The lowest BCUT2D eigenvalue weighted by Gasteiger charge is -2.31. The maximum absolute atomic E-state index is 12.3. The Morgan fingerprint density at radius 3 is 1.81 bits per heavy atom. The molecular formula is C26H36O4S2-2. The number of carboxylic acid groups (broad SMARTS) is 2. The molecule has 3 rings (SSSR count). The molecule has 0 radical (unpaired) electrons. The van der Waals surface area contributed by atoms with Gasteiger partial charge in [0.05, 0.1) is 11.9 Å². The first-order chi connectivity index (χ1) is 15.2. The summed E-state index contributed by atoms with van der Waals surface area (Å²) < 4.78 is 0. The molecule has 1 aromatic rings. The SMILES string of the molecule is CCC(SC1CCC(C)C1)c1ccc(C(=O)[O-])c(C(=O)[O-])c1C(CC)SC1CCC(C)C1. The number of carboxylic acids is 2. The van der Waals surface area contributed by atoms with Crippen LogP contribution in [-0.4, -0.2) is 22.4 Å². The minimum Gasteiger partial charge on any atom is -0.545 e. The molecule has 0 heterocycles. The third-order valence-electron chi connectivity index (χ3n) is 7.12. The molecule has 2 aliphatic carbocycles. The Balaban J connectivity index is 2.05. The van der Waals surface area contributed by atoms with Crippen LogP contribution in [0.3, 0.4) is 0 Å². The fraction of sp³-hybridized carbons (Fsp3) is 0.692. The lowest BCUT2D eigenvalue weighted by atomic mass is 9.90. The van der Waals surface area contributed by atoms with Gasteiger partial charge < -0.3 is 19.8 Å². The quantitative estimate of drug-likeness (QED) is 0.464. The minimum absolute atomic E-state index is 0.0651. The maximum atomic E-state index is 12.3. The van der Waals surface area contributed by atoms with E-state index in [1.807, 2.05) is 29.6 Å². The maximum Gasteiger partial charge on any atom is 0.0725 e. The fourth-order valence-corrected chi connectivity index (χ4v) is 8.91. The third-order valence-corrected chi connectivity index (χ3v) is 10.6. The second kappa shape index (κ2) is 11.3. The number of aromatic carboxylic acids is 2. The largest absolute Gasteiger partial charge is 0.545 e. The molecule has 0 aliphatic heterocycles. The van der Waals surface area contributed by atoms with Crippen molar-refractivity contribution in [1.82, 2.24) is 0 Å². The van der Waals surface area contributed by atoms with Gasteiger partial charge in [0.25, 0.3) is 0 Å². The van der Waals surface area contributed by atoms with Crippen LogP contribution in [0.5, 0.6) is 0 Å². The summed E-state index contributed by atoms with van der Waals surface area (Å²) >= 11 is 3.78. The molecule has 0 saturated heterocycles. The Morgan fingerprint density at radius 2 is 1.41 bits per heavy atom. The number of thioether (sulfide) groups is 2. The van der Waals surface area contributed by atoms with Gasteiger partial charge in [0.1, 0.15) is 0 Å². The zero-order valence-corrected chi connectivity index (χ0v) is 21.4. The van der Waals surface area contributed by atoms with E-state index >= 15 is 0 Å². The van der Waals surface area contributed by atoms with E-state index in [1.54, 1.807) is 0 Å². The lowest BCUT2D eigenvalue weighted by molar-refractivity contribution is -0.259. The van der Waals surface area contributed by atoms with Gasteiger partial charge in [-0.1, -0.05) is 39.8 Å². The van der Waals surface area contributed by atoms with E-state index in [1.165, 1.54) is 31.7 Å². The third kappa shape index (κ3) is 5.85. The molecule has 0 aromatic heterocycles. The molecule has 2 aliphatic rings. The molecule has 4 nitrogen and oxygen atoms in total. The van der Waals surface area contributed by atoms with E-state index in [-0.39, 0.29) is 21.6 Å². The highest BCUT2D eigenvalue weighted by Crippen LogP contribution is 2.50. The van der Waals surface area contributed by atoms with Crippen LogP contribution in [0.2, 0.25) is 0 Å². The van der Waals surface area contributed by atoms with Crippen molar-refractivity contribution in [3.8, 4) is 0 Å². The first kappa shape index (κ1) is 25.5. The van der Waals surface area contributed by atoms with Gasteiger partial charge in [0.2, 0.25) is 0 Å². The predicted octanol–water partition coefficient (Wildman–Crippen LogP) is 5.16. The van der Waals surface area contributed by atoms with E-state index in [9.17, 15) is 19.8 Å². The van der Waals surface area contributed by atoms with Gasteiger partial charge >= 0.3 is 0 Å². The van der Waals surface area contributed by atoms with Gasteiger partial charge in [-0.2, -0.15) is 23.5 Å². The molecule has 2 saturated carbocycles. The molecule has 6 unspecified atom stereocenters. The second-order valence-electron chi connectivity index (χ2n) is 9.71. The van der Waals surface area contributed by atoms with Gasteiger partial charge in [-0.3, -0.25) is 0 Å². The summed E-state index contributed by atoms with van der Waals surface area (Å²) in [5.41, 5.74) is 1.24. The Bertz CT molecular complexity index is 824. The highest BCUT2D eigenvalue weighted by atomic mass is 32.2. The van der Waals surface area contributed by atoms with Crippen molar-refractivity contribution in [1.29, 1.82) is 0 Å². The van der Waals surface area contributed by atoms with Crippen molar-refractivity contribution in [2.45, 2.75) is 100 Å². The Kier molecular flexibility index (Phi) is 9.02. The first-order valence-electron chi connectivity index (χ1n) is 12.1. The van der Waals surface area contributed by atoms with Gasteiger partial charge in [0.15, 0.2) is 0 Å². The number of carbonyl (C=O) groups is 2. The van der Waals surface area contributed by atoms with Gasteiger partial charge in [-0.05, 0) is 74.3 Å². The van der Waals surface area contributed by atoms with Crippen LogP contribution < -0.4 is 10.2 Å². The minimum atomic E-state index is -1.45. The molecule has 178 valence electrons. The van der Waals surface area contributed by atoms with Crippen LogP contribution in [0.1, 0.15) is 121 Å². The standard InChI is InChI=1S/C26H38O4S2/c1-5-21(31-17-9-7-15(3)13-17)19-11-12-20(25(27)28)24(26(29)30)23(19)22(6-2)32-18-10-8-16(4)14-18/h11-12,15-18,21-22H,5-10,13-14H2,1-4H3,(H,27,28)(H,29,30)/p-2. The van der Waals surface area contributed by atoms with Crippen LogP contribution >= 0.6 is 23.5 Å². The summed E-state index contributed by atoms with van der Waals surface area (Å²) in [6, 6.07) is 3.28. The zero-order chi connectivity index (χ0) is 23.4. The molecule has 6 atom stereocenters.